The molecule has 5 nitrogen and oxygen atoms in total. The molecule has 0 radical (unpaired) electrons. The molecule has 24 heavy (non-hydrogen) atoms. The van der Waals surface area contributed by atoms with Gasteiger partial charge < -0.3 is 14.8 Å². The number of fused-ring (bicyclic) bond motifs is 2. The van der Waals surface area contributed by atoms with Crippen LogP contribution in [0.3, 0.4) is 0 Å². The van der Waals surface area contributed by atoms with E-state index in [1.807, 2.05) is 0 Å². The number of carboxylic acids is 1. The number of hydrogen-bond acceptors (Lipinski definition) is 3. The van der Waals surface area contributed by atoms with Crippen molar-refractivity contribution in [2.45, 2.75) is 26.8 Å². The number of aliphatic carboxylic acids is 1. The molecule has 2 saturated heterocycles. The summed E-state index contributed by atoms with van der Waals surface area (Å²) >= 11 is 0. The first-order chi connectivity index (χ1) is 11.5. The molecule has 2 aromatic rings. The van der Waals surface area contributed by atoms with Crippen molar-refractivity contribution in [3.05, 3.63) is 35.0 Å². The second-order valence-corrected chi connectivity index (χ2v) is 7.38. The van der Waals surface area contributed by atoms with Crippen LogP contribution in [0.4, 0.5) is 0 Å². The van der Waals surface area contributed by atoms with Crippen LogP contribution in [-0.4, -0.2) is 47.3 Å². The fraction of sp³-hybridized carbons (Fsp3) is 0.526. The van der Waals surface area contributed by atoms with E-state index in [1.54, 1.807) is 0 Å². The van der Waals surface area contributed by atoms with Gasteiger partial charge in [0.05, 0.1) is 12.0 Å². The molecule has 1 aromatic heterocycles. The standard InChI is InChI=1S/C19H24N2O3/c1-12-4-3-5-15-13(2)16(20-17(12)15)9-21-8-14-10-24-7-6-19(14,11-21)18(22)23/h3-5,14,20H,6-11H2,1-2H3,(H,22,23)/t14-,19+/m1/s1. The highest BCUT2D eigenvalue weighted by atomic mass is 16.5. The van der Waals surface area contributed by atoms with Crippen molar-refractivity contribution in [3.8, 4) is 0 Å². The number of H-pyrrole nitrogens is 1. The molecule has 128 valence electrons. The average molecular weight is 328 g/mol. The van der Waals surface area contributed by atoms with Crippen LogP contribution in [0, 0.1) is 25.2 Å². The van der Waals surface area contributed by atoms with Gasteiger partial charge in [-0.05, 0) is 31.4 Å². The number of aromatic amines is 1. The maximum absolute atomic E-state index is 11.9. The van der Waals surface area contributed by atoms with Crippen molar-refractivity contribution in [2.75, 3.05) is 26.3 Å². The first-order valence-electron chi connectivity index (χ1n) is 8.61. The van der Waals surface area contributed by atoms with Gasteiger partial charge in [-0.25, -0.2) is 0 Å². The maximum atomic E-state index is 11.9. The Morgan fingerprint density at radius 2 is 2.29 bits per heavy atom. The zero-order chi connectivity index (χ0) is 16.9. The van der Waals surface area contributed by atoms with Crippen molar-refractivity contribution in [1.29, 1.82) is 0 Å². The number of nitrogens with zero attached hydrogens (tertiary/aromatic N) is 1. The number of nitrogens with one attached hydrogen (secondary N) is 1. The third kappa shape index (κ3) is 2.26. The molecule has 2 aliphatic heterocycles. The second kappa shape index (κ2) is 5.60. The summed E-state index contributed by atoms with van der Waals surface area (Å²) in [6.45, 7) is 7.56. The first-order valence-corrected chi connectivity index (χ1v) is 8.61. The molecule has 0 bridgehead atoms. The highest BCUT2D eigenvalue weighted by Crippen LogP contribution is 2.43. The molecule has 5 heteroatoms. The summed E-state index contributed by atoms with van der Waals surface area (Å²) in [6.07, 6.45) is 0.619. The zero-order valence-corrected chi connectivity index (χ0v) is 14.3. The Balaban J connectivity index is 1.62. The topological polar surface area (TPSA) is 65.6 Å². The van der Waals surface area contributed by atoms with Gasteiger partial charge in [-0.15, -0.1) is 0 Å². The van der Waals surface area contributed by atoms with E-state index in [0.29, 0.717) is 26.2 Å². The van der Waals surface area contributed by atoms with E-state index in [0.717, 1.165) is 13.1 Å². The van der Waals surface area contributed by atoms with Crippen LogP contribution in [0.5, 0.6) is 0 Å². The van der Waals surface area contributed by atoms with E-state index in [1.165, 1.54) is 27.7 Å². The lowest BCUT2D eigenvalue weighted by atomic mass is 9.74. The van der Waals surface area contributed by atoms with Crippen molar-refractivity contribution < 1.29 is 14.6 Å². The maximum Gasteiger partial charge on any atom is 0.311 e. The highest BCUT2D eigenvalue weighted by molar-refractivity contribution is 5.87. The van der Waals surface area contributed by atoms with Crippen LogP contribution < -0.4 is 0 Å². The lowest BCUT2D eigenvalue weighted by Gasteiger charge is -2.34. The summed E-state index contributed by atoms with van der Waals surface area (Å²) in [5, 5.41) is 11.1. The summed E-state index contributed by atoms with van der Waals surface area (Å²) in [7, 11) is 0. The van der Waals surface area contributed by atoms with E-state index >= 15 is 0 Å². The first kappa shape index (κ1) is 15.7. The Labute approximate surface area is 141 Å². The van der Waals surface area contributed by atoms with Crippen LogP contribution in [0.2, 0.25) is 0 Å². The van der Waals surface area contributed by atoms with Gasteiger partial charge in [-0.3, -0.25) is 9.69 Å². The second-order valence-electron chi connectivity index (χ2n) is 7.38. The molecule has 0 saturated carbocycles. The third-order valence-corrected chi connectivity index (χ3v) is 5.99. The average Bonchev–Trinajstić information content (AvgIpc) is 3.08. The number of carbonyl (C=O) groups is 1. The largest absolute Gasteiger partial charge is 0.481 e. The van der Waals surface area contributed by atoms with Crippen LogP contribution in [-0.2, 0) is 16.1 Å². The lowest BCUT2D eigenvalue weighted by Crippen LogP contribution is -2.44. The van der Waals surface area contributed by atoms with Gasteiger partial charge in [0.2, 0.25) is 0 Å². The van der Waals surface area contributed by atoms with Gasteiger partial charge >= 0.3 is 5.97 Å². The third-order valence-electron chi connectivity index (χ3n) is 5.99. The Morgan fingerprint density at radius 3 is 3.00 bits per heavy atom. The Morgan fingerprint density at radius 1 is 1.46 bits per heavy atom. The van der Waals surface area contributed by atoms with E-state index in [2.05, 4.69) is 41.9 Å². The minimum atomic E-state index is -0.664. The molecule has 3 heterocycles. The summed E-state index contributed by atoms with van der Waals surface area (Å²) < 4.78 is 5.55. The lowest BCUT2D eigenvalue weighted by molar-refractivity contribution is -0.157. The van der Waals surface area contributed by atoms with Crippen molar-refractivity contribution in [3.63, 3.8) is 0 Å². The van der Waals surface area contributed by atoms with Gasteiger partial charge in [0.15, 0.2) is 0 Å². The summed E-state index contributed by atoms with van der Waals surface area (Å²) in [5.41, 5.74) is 4.27. The fourth-order valence-electron chi connectivity index (χ4n) is 4.46. The molecule has 0 spiro atoms. The number of aryl methyl sites for hydroxylation is 2. The Hall–Kier alpha value is -1.85. The molecule has 0 unspecified atom stereocenters. The van der Waals surface area contributed by atoms with E-state index in [4.69, 9.17) is 4.74 Å². The van der Waals surface area contributed by atoms with E-state index < -0.39 is 11.4 Å². The number of para-hydroxylation sites is 1. The molecule has 2 aliphatic rings. The zero-order valence-electron chi connectivity index (χ0n) is 14.3. The molecule has 0 aliphatic carbocycles. The number of carboxylic acid groups (broad SMARTS) is 1. The minimum absolute atomic E-state index is 0.0928. The summed E-state index contributed by atoms with van der Waals surface area (Å²) in [4.78, 5) is 17.8. The molecular weight excluding hydrogens is 304 g/mol. The van der Waals surface area contributed by atoms with E-state index in [9.17, 15) is 9.90 Å². The van der Waals surface area contributed by atoms with Crippen LogP contribution in [0.25, 0.3) is 10.9 Å². The number of benzene rings is 1. The van der Waals surface area contributed by atoms with Crippen LogP contribution in [0.1, 0.15) is 23.2 Å². The molecule has 2 fully saturated rings. The predicted molar refractivity (Wildman–Crippen MR) is 92.0 cm³/mol. The highest BCUT2D eigenvalue weighted by Gasteiger charge is 2.53. The molecule has 1 aromatic carbocycles. The van der Waals surface area contributed by atoms with Crippen molar-refractivity contribution in [2.24, 2.45) is 11.3 Å². The Kier molecular flexibility index (Phi) is 3.66. The normalized spacial score (nSPS) is 27.5. The Bertz CT molecular complexity index is 797. The summed E-state index contributed by atoms with van der Waals surface area (Å²) in [6, 6.07) is 6.35. The molecule has 2 atom stereocenters. The quantitative estimate of drug-likeness (QED) is 0.909. The number of hydrogen-bond donors (Lipinski definition) is 2. The minimum Gasteiger partial charge on any atom is -0.481 e. The molecule has 4 rings (SSSR count). The number of rotatable bonds is 3. The SMILES string of the molecule is Cc1c(CN2C[C@@H]3COCC[C@]3(C(=O)O)C2)[nH]c2c(C)cccc12. The van der Waals surface area contributed by atoms with Crippen molar-refractivity contribution in [1.82, 2.24) is 9.88 Å². The number of aromatic nitrogens is 1. The van der Waals surface area contributed by atoms with Gasteiger partial charge in [0.25, 0.3) is 0 Å². The van der Waals surface area contributed by atoms with Crippen LogP contribution in [0.15, 0.2) is 18.2 Å². The fourth-order valence-corrected chi connectivity index (χ4v) is 4.46. The van der Waals surface area contributed by atoms with Gasteiger partial charge in [-0.1, -0.05) is 18.2 Å². The van der Waals surface area contributed by atoms with Gasteiger partial charge in [0.1, 0.15) is 0 Å². The van der Waals surface area contributed by atoms with Crippen molar-refractivity contribution >= 4 is 16.9 Å². The smallest absolute Gasteiger partial charge is 0.311 e. The predicted octanol–water partition coefficient (Wildman–Crippen LogP) is 2.71. The monoisotopic (exact) mass is 328 g/mol. The van der Waals surface area contributed by atoms with Crippen LogP contribution >= 0.6 is 0 Å². The molecule has 2 N–H and O–H groups in total. The summed E-state index contributed by atoms with van der Waals surface area (Å²) in [5.74, 6) is -0.572. The molecule has 0 amide bonds. The number of likely N-dealkylation sites (tertiary alicyclic amines) is 1. The van der Waals surface area contributed by atoms with E-state index in [-0.39, 0.29) is 5.92 Å². The molecular formula is C19H24N2O3. The van der Waals surface area contributed by atoms with Gasteiger partial charge in [-0.2, -0.15) is 0 Å². The van der Waals surface area contributed by atoms with Gasteiger partial charge in [0, 0.05) is 48.8 Å². The number of ether oxygens (including phenoxy) is 1.